The predicted octanol–water partition coefficient (Wildman–Crippen LogP) is 17.0. The number of unbranched alkanes of at least 4 members (excludes halogenated alkanes) is 25. The zero-order valence-corrected chi connectivity index (χ0v) is 42.9. The molecule has 0 rings (SSSR count). The number of esters is 1. The summed E-state index contributed by atoms with van der Waals surface area (Å²) in [5, 5.41) is 23.8. The standard InChI is InChI=1S/C59H105NO5/c1-4-7-10-13-16-19-22-25-28-29-31-34-37-40-43-46-49-52-59(64)65-55(50-47-44-41-38-35-32-27-24-21-18-15-12-9-6-3)53-58(63)60-56(54-61)57(62)51-48-45-42-39-36-33-30-26-23-20-17-14-11-8-5-2/h9,12,16,18-19,21,25,27-28,31-32,34,55-57,61-62H,4-8,10-11,13-15,17,20,22-24,26,29-30,33,35-54H2,1-3H3,(H,60,63)/b12-9+,19-16-,21-18+,28-25-,32-27+,34-31-. The van der Waals surface area contributed by atoms with Gasteiger partial charge in [-0.1, -0.05) is 229 Å². The molecule has 0 aliphatic rings. The third-order valence-electron chi connectivity index (χ3n) is 12.3. The highest BCUT2D eigenvalue weighted by molar-refractivity contribution is 5.77. The average molecular weight is 908 g/mol. The lowest BCUT2D eigenvalue weighted by molar-refractivity contribution is -0.151. The number of hydrogen-bond acceptors (Lipinski definition) is 5. The molecule has 3 N–H and O–H groups in total. The van der Waals surface area contributed by atoms with Crippen LogP contribution >= 0.6 is 0 Å². The summed E-state index contributed by atoms with van der Waals surface area (Å²) in [5.74, 6) is -0.520. The van der Waals surface area contributed by atoms with Crippen LogP contribution in [-0.4, -0.2) is 46.9 Å². The van der Waals surface area contributed by atoms with Crippen LogP contribution in [0.4, 0.5) is 0 Å². The zero-order valence-electron chi connectivity index (χ0n) is 42.9. The Bertz CT molecular complexity index is 1200. The molecule has 0 fully saturated rings. The van der Waals surface area contributed by atoms with E-state index < -0.39 is 18.2 Å². The summed E-state index contributed by atoms with van der Waals surface area (Å²) in [7, 11) is 0. The van der Waals surface area contributed by atoms with Gasteiger partial charge < -0.3 is 20.3 Å². The summed E-state index contributed by atoms with van der Waals surface area (Å²) in [6.45, 7) is 6.35. The predicted molar refractivity (Wildman–Crippen MR) is 282 cm³/mol. The highest BCUT2D eigenvalue weighted by atomic mass is 16.5. The van der Waals surface area contributed by atoms with Gasteiger partial charge in [0.15, 0.2) is 0 Å². The van der Waals surface area contributed by atoms with Crippen molar-refractivity contribution in [3.8, 4) is 0 Å². The topological polar surface area (TPSA) is 95.9 Å². The largest absolute Gasteiger partial charge is 0.462 e. The number of aliphatic hydroxyl groups excluding tert-OH is 2. The van der Waals surface area contributed by atoms with Crippen LogP contribution in [0.1, 0.15) is 265 Å². The number of hydrogen-bond donors (Lipinski definition) is 3. The van der Waals surface area contributed by atoms with Crippen molar-refractivity contribution in [2.75, 3.05) is 6.61 Å². The Morgan fingerprint density at radius 1 is 0.462 bits per heavy atom. The molecule has 6 nitrogen and oxygen atoms in total. The van der Waals surface area contributed by atoms with E-state index in [1.165, 1.54) is 103 Å². The summed E-state index contributed by atoms with van der Waals surface area (Å²) >= 11 is 0. The van der Waals surface area contributed by atoms with Crippen molar-refractivity contribution in [1.82, 2.24) is 5.32 Å². The first-order valence-corrected chi connectivity index (χ1v) is 27.7. The molecular weight excluding hydrogens is 803 g/mol. The van der Waals surface area contributed by atoms with Crippen LogP contribution in [0.2, 0.25) is 0 Å². The van der Waals surface area contributed by atoms with E-state index in [-0.39, 0.29) is 24.9 Å². The van der Waals surface area contributed by atoms with Crippen molar-refractivity contribution in [2.45, 2.75) is 283 Å². The van der Waals surface area contributed by atoms with E-state index in [9.17, 15) is 19.8 Å². The first kappa shape index (κ1) is 62.3. The van der Waals surface area contributed by atoms with Crippen molar-refractivity contribution in [1.29, 1.82) is 0 Å². The van der Waals surface area contributed by atoms with Crippen LogP contribution in [0, 0.1) is 0 Å². The molecule has 3 unspecified atom stereocenters. The lowest BCUT2D eigenvalue weighted by Gasteiger charge is -2.24. The van der Waals surface area contributed by atoms with Gasteiger partial charge in [-0.15, -0.1) is 0 Å². The Labute approximate surface area is 402 Å². The van der Waals surface area contributed by atoms with E-state index in [1.807, 2.05) is 0 Å². The lowest BCUT2D eigenvalue weighted by Crippen LogP contribution is -2.46. The van der Waals surface area contributed by atoms with Gasteiger partial charge >= 0.3 is 5.97 Å². The Morgan fingerprint density at radius 3 is 1.29 bits per heavy atom. The molecule has 0 radical (unpaired) electrons. The van der Waals surface area contributed by atoms with Crippen LogP contribution < -0.4 is 5.32 Å². The second-order valence-electron chi connectivity index (χ2n) is 18.6. The van der Waals surface area contributed by atoms with Crippen LogP contribution in [0.15, 0.2) is 72.9 Å². The Kier molecular flexibility index (Phi) is 50.1. The average Bonchev–Trinajstić information content (AvgIpc) is 3.30. The SMILES string of the molecule is CC/C=C/C/C=C/C/C=C/CCCCCCC(CC(=O)NC(CO)C(O)CCCCCCCCCCCCCCCCC)OC(=O)CCCCCC/C=C\C/C=C\C/C=C\CCCCC. The van der Waals surface area contributed by atoms with Crippen LogP contribution in [0.5, 0.6) is 0 Å². The quantitative estimate of drug-likeness (QED) is 0.0321. The van der Waals surface area contributed by atoms with Gasteiger partial charge in [0.1, 0.15) is 6.10 Å². The van der Waals surface area contributed by atoms with E-state index in [2.05, 4.69) is 99.0 Å². The fourth-order valence-electron chi connectivity index (χ4n) is 8.10. The molecule has 6 heteroatoms. The van der Waals surface area contributed by atoms with Crippen molar-refractivity contribution >= 4 is 11.9 Å². The maximum atomic E-state index is 13.2. The molecule has 0 aromatic rings. The van der Waals surface area contributed by atoms with Crippen molar-refractivity contribution in [3.63, 3.8) is 0 Å². The minimum absolute atomic E-state index is 0.0513. The van der Waals surface area contributed by atoms with Gasteiger partial charge in [0.25, 0.3) is 0 Å². The summed E-state index contributed by atoms with van der Waals surface area (Å²) in [5.41, 5.74) is 0. The van der Waals surface area contributed by atoms with Gasteiger partial charge in [-0.05, 0) is 96.3 Å². The van der Waals surface area contributed by atoms with E-state index in [0.29, 0.717) is 19.3 Å². The van der Waals surface area contributed by atoms with Crippen LogP contribution in [0.3, 0.4) is 0 Å². The van der Waals surface area contributed by atoms with E-state index in [4.69, 9.17) is 4.74 Å². The number of carbonyl (C=O) groups excluding carboxylic acids is 2. The fraction of sp³-hybridized carbons (Fsp3) is 0.763. The van der Waals surface area contributed by atoms with E-state index >= 15 is 0 Å². The number of aliphatic hydroxyl groups is 2. The molecule has 0 aromatic carbocycles. The molecule has 0 bridgehead atoms. The maximum Gasteiger partial charge on any atom is 0.306 e. The molecule has 3 atom stereocenters. The molecule has 0 aromatic heterocycles. The monoisotopic (exact) mass is 908 g/mol. The molecule has 0 aliphatic carbocycles. The van der Waals surface area contributed by atoms with Crippen LogP contribution in [0.25, 0.3) is 0 Å². The van der Waals surface area contributed by atoms with Crippen molar-refractivity contribution in [2.24, 2.45) is 0 Å². The third-order valence-corrected chi connectivity index (χ3v) is 12.3. The Hall–Kier alpha value is -2.70. The summed E-state index contributed by atoms with van der Waals surface area (Å²) in [4.78, 5) is 26.2. The molecule has 0 heterocycles. The fourth-order valence-corrected chi connectivity index (χ4v) is 8.10. The van der Waals surface area contributed by atoms with Crippen molar-refractivity contribution in [3.05, 3.63) is 72.9 Å². The van der Waals surface area contributed by atoms with Gasteiger partial charge in [-0.2, -0.15) is 0 Å². The third kappa shape index (κ3) is 47.6. The molecular formula is C59H105NO5. The number of carbonyl (C=O) groups is 2. The second-order valence-corrected chi connectivity index (χ2v) is 18.6. The highest BCUT2D eigenvalue weighted by Gasteiger charge is 2.24. The Balaban J connectivity index is 4.63. The molecule has 0 spiro atoms. The van der Waals surface area contributed by atoms with Gasteiger partial charge in [0.05, 0.1) is 25.2 Å². The van der Waals surface area contributed by atoms with Gasteiger partial charge in [0, 0.05) is 6.42 Å². The first-order chi connectivity index (χ1) is 32.0. The Morgan fingerprint density at radius 2 is 0.831 bits per heavy atom. The number of rotatable bonds is 49. The molecule has 0 aliphatic heterocycles. The minimum Gasteiger partial charge on any atom is -0.462 e. The summed E-state index contributed by atoms with van der Waals surface area (Å²) in [6.07, 6.45) is 66.7. The summed E-state index contributed by atoms with van der Waals surface area (Å²) < 4.78 is 5.93. The number of ether oxygens (including phenoxy) is 1. The number of allylic oxidation sites excluding steroid dienone is 12. The number of nitrogens with one attached hydrogen (secondary N) is 1. The van der Waals surface area contributed by atoms with E-state index in [0.717, 1.165) is 116 Å². The second kappa shape index (κ2) is 52.3. The smallest absolute Gasteiger partial charge is 0.306 e. The molecule has 1 amide bonds. The molecule has 0 saturated carbocycles. The normalized spacial score (nSPS) is 13.7. The van der Waals surface area contributed by atoms with Gasteiger partial charge in [-0.3, -0.25) is 9.59 Å². The summed E-state index contributed by atoms with van der Waals surface area (Å²) in [6, 6.07) is -0.717. The van der Waals surface area contributed by atoms with Crippen LogP contribution in [-0.2, 0) is 14.3 Å². The lowest BCUT2D eigenvalue weighted by atomic mass is 10.0. The zero-order chi connectivity index (χ0) is 47.4. The number of amides is 1. The molecule has 0 saturated heterocycles. The van der Waals surface area contributed by atoms with Gasteiger partial charge in [-0.25, -0.2) is 0 Å². The van der Waals surface area contributed by atoms with E-state index in [1.54, 1.807) is 0 Å². The van der Waals surface area contributed by atoms with Crippen molar-refractivity contribution < 1.29 is 24.5 Å². The molecule has 65 heavy (non-hydrogen) atoms. The first-order valence-electron chi connectivity index (χ1n) is 27.7. The maximum absolute atomic E-state index is 13.2. The van der Waals surface area contributed by atoms with Gasteiger partial charge in [0.2, 0.25) is 5.91 Å². The minimum atomic E-state index is -0.801. The highest BCUT2D eigenvalue weighted by Crippen LogP contribution is 2.18. The molecule has 376 valence electrons.